The first-order chi connectivity index (χ1) is 22.5. The summed E-state index contributed by atoms with van der Waals surface area (Å²) in [6.07, 6.45) is 1.71. The van der Waals surface area contributed by atoms with Crippen molar-refractivity contribution in [2.75, 3.05) is 26.7 Å². The maximum Gasteiger partial charge on any atom is 0.306 e. The third-order valence-electron chi connectivity index (χ3n) is 8.48. The zero-order valence-corrected chi connectivity index (χ0v) is 29.2. The molecule has 1 heterocycles. The van der Waals surface area contributed by atoms with Gasteiger partial charge in [0.15, 0.2) is 11.6 Å². The number of nitrogens with one attached hydrogen (secondary N) is 3. The Bertz CT molecular complexity index is 1120. The van der Waals surface area contributed by atoms with Crippen molar-refractivity contribution in [3.05, 3.63) is 0 Å². The number of primary amides is 1. The minimum Gasteiger partial charge on any atom is -0.481 e. The van der Waals surface area contributed by atoms with Crippen LogP contribution in [0.1, 0.15) is 91.9 Å². The minimum absolute atomic E-state index is 0.0804. The van der Waals surface area contributed by atoms with Gasteiger partial charge in [-0.3, -0.25) is 33.6 Å². The van der Waals surface area contributed by atoms with Crippen molar-refractivity contribution in [2.24, 2.45) is 35.1 Å². The Balaban J connectivity index is 3.03. The van der Waals surface area contributed by atoms with Gasteiger partial charge < -0.3 is 42.5 Å². The molecule has 0 aromatic carbocycles. The number of aliphatic carboxylic acids is 1. The molecule has 0 aliphatic carbocycles. The number of carboxylic acids is 1. The molecule has 1 rings (SSSR count). The average molecular weight is 683 g/mol. The van der Waals surface area contributed by atoms with E-state index in [1.165, 1.54) is 4.90 Å². The Morgan fingerprint density at radius 2 is 1.46 bits per heavy atom. The van der Waals surface area contributed by atoms with E-state index in [4.69, 9.17) is 11.5 Å². The van der Waals surface area contributed by atoms with E-state index < -0.39 is 97.1 Å². The SMILES string of the molecule is CNCCCC[C@H](CC(=O)[C@H](CC(N)=O)NC(=O)[C@@H](CC(=O)[C@H](CO)NC(=O)[C@@H]1CCCN1C(=O)[C@@H](N)CC(C)C)CC(C)C)C(=O)O. The number of amides is 4. The average Bonchev–Trinajstić information content (AvgIpc) is 3.49. The van der Waals surface area contributed by atoms with Gasteiger partial charge in [-0.15, -0.1) is 0 Å². The number of rotatable bonds is 24. The Morgan fingerprint density at radius 1 is 0.854 bits per heavy atom. The van der Waals surface area contributed by atoms with Crippen LogP contribution in [0.15, 0.2) is 0 Å². The van der Waals surface area contributed by atoms with Crippen molar-refractivity contribution in [3.63, 3.8) is 0 Å². The molecule has 0 saturated carbocycles. The number of carbonyl (C=O) groups excluding carboxylic acids is 6. The number of Topliss-reactive ketones (excluding diaryl/α,β-unsaturated/α-hetero) is 2. The second-order valence-corrected chi connectivity index (χ2v) is 13.7. The van der Waals surface area contributed by atoms with Gasteiger partial charge in [0.25, 0.3) is 0 Å². The van der Waals surface area contributed by atoms with E-state index in [9.17, 15) is 43.8 Å². The fraction of sp³-hybridized carbons (Fsp3) is 0.788. The van der Waals surface area contributed by atoms with Crippen LogP contribution in [0.2, 0.25) is 0 Å². The normalized spacial score (nSPS) is 17.8. The number of aliphatic hydroxyl groups is 1. The lowest BCUT2D eigenvalue weighted by Crippen LogP contribution is -2.55. The molecule has 1 saturated heterocycles. The Morgan fingerprint density at radius 3 is 2.00 bits per heavy atom. The van der Waals surface area contributed by atoms with Gasteiger partial charge >= 0.3 is 5.97 Å². The molecule has 0 aromatic rings. The monoisotopic (exact) mass is 682 g/mol. The van der Waals surface area contributed by atoms with Crippen LogP contribution >= 0.6 is 0 Å². The van der Waals surface area contributed by atoms with Crippen molar-refractivity contribution in [1.29, 1.82) is 0 Å². The summed E-state index contributed by atoms with van der Waals surface area (Å²) in [5.74, 6) is -6.94. The molecule has 15 nitrogen and oxygen atoms in total. The third-order valence-corrected chi connectivity index (χ3v) is 8.48. The standard InChI is InChI=1S/C33H58N6O9/c1-19(2)13-22(30(44)37-24(17-29(35)43)27(41)15-21(33(47)48)9-6-7-11-36-5)16-28(42)25(18-40)38-31(45)26-10-8-12-39(26)32(46)23(34)14-20(3)4/h19-26,36,40H,6-18,34H2,1-5H3,(H2,35,43)(H,37,44)(H,38,45)(H,47,48)/t21-,22-,23+,24+,25+,26+/m1/s1. The number of nitrogens with two attached hydrogens (primary N) is 2. The smallest absolute Gasteiger partial charge is 0.306 e. The van der Waals surface area contributed by atoms with Gasteiger partial charge in [-0.25, -0.2) is 0 Å². The zero-order valence-electron chi connectivity index (χ0n) is 29.2. The quantitative estimate of drug-likeness (QED) is 0.0660. The highest BCUT2D eigenvalue weighted by Crippen LogP contribution is 2.22. The van der Waals surface area contributed by atoms with Gasteiger partial charge in [0.05, 0.1) is 31.0 Å². The molecule has 0 radical (unpaired) electrons. The lowest BCUT2D eigenvalue weighted by Gasteiger charge is -2.29. The lowest BCUT2D eigenvalue weighted by atomic mass is 9.88. The maximum atomic E-state index is 13.5. The fourth-order valence-electron chi connectivity index (χ4n) is 5.98. The minimum atomic E-state index is -1.39. The maximum absolute atomic E-state index is 13.5. The molecule has 0 unspecified atom stereocenters. The summed E-state index contributed by atoms with van der Waals surface area (Å²) in [6.45, 7) is 7.79. The molecule has 274 valence electrons. The highest BCUT2D eigenvalue weighted by Gasteiger charge is 2.38. The number of nitrogens with zero attached hydrogens (tertiary/aromatic N) is 1. The van der Waals surface area contributed by atoms with E-state index in [1.54, 1.807) is 7.05 Å². The Kier molecular flexibility index (Phi) is 19.1. The summed E-state index contributed by atoms with van der Waals surface area (Å²) >= 11 is 0. The number of unbranched alkanes of at least 4 members (excludes halogenated alkanes) is 1. The van der Waals surface area contributed by atoms with Crippen molar-refractivity contribution in [3.8, 4) is 0 Å². The molecule has 4 amide bonds. The Labute approximate surface area is 283 Å². The van der Waals surface area contributed by atoms with Gasteiger partial charge in [-0.1, -0.05) is 34.1 Å². The number of hydrogen-bond donors (Lipinski definition) is 7. The zero-order chi connectivity index (χ0) is 36.6. The van der Waals surface area contributed by atoms with Gasteiger partial charge in [-0.2, -0.15) is 0 Å². The first kappa shape index (κ1) is 42.6. The summed E-state index contributed by atoms with van der Waals surface area (Å²) in [7, 11) is 1.77. The largest absolute Gasteiger partial charge is 0.481 e. The van der Waals surface area contributed by atoms with E-state index in [0.29, 0.717) is 45.2 Å². The molecular formula is C33H58N6O9. The van der Waals surface area contributed by atoms with Crippen LogP contribution < -0.4 is 27.4 Å². The molecule has 1 fully saturated rings. The molecular weight excluding hydrogens is 624 g/mol. The summed E-state index contributed by atoms with van der Waals surface area (Å²) in [4.78, 5) is 91.2. The van der Waals surface area contributed by atoms with Crippen LogP contribution in [0, 0.1) is 23.7 Å². The Hall–Kier alpha value is -3.43. The van der Waals surface area contributed by atoms with Crippen molar-refractivity contribution in [2.45, 2.75) is 116 Å². The summed E-state index contributed by atoms with van der Waals surface area (Å²) in [5.41, 5.74) is 11.4. The molecule has 0 bridgehead atoms. The first-order valence-electron chi connectivity index (χ1n) is 17.0. The molecule has 48 heavy (non-hydrogen) atoms. The summed E-state index contributed by atoms with van der Waals surface area (Å²) in [5, 5.41) is 27.7. The highest BCUT2D eigenvalue weighted by molar-refractivity contribution is 5.97. The molecule has 0 aromatic heterocycles. The molecule has 1 aliphatic heterocycles. The first-order valence-corrected chi connectivity index (χ1v) is 17.0. The molecule has 0 spiro atoms. The van der Waals surface area contributed by atoms with Crippen LogP contribution in [0.25, 0.3) is 0 Å². The molecule has 1 aliphatic rings. The van der Waals surface area contributed by atoms with Gasteiger partial charge in [-0.05, 0) is 64.0 Å². The van der Waals surface area contributed by atoms with Crippen molar-refractivity contribution >= 4 is 41.2 Å². The van der Waals surface area contributed by atoms with E-state index in [0.717, 1.165) is 0 Å². The van der Waals surface area contributed by atoms with E-state index in [1.807, 2.05) is 27.7 Å². The van der Waals surface area contributed by atoms with E-state index in [2.05, 4.69) is 16.0 Å². The molecule has 6 atom stereocenters. The highest BCUT2D eigenvalue weighted by atomic mass is 16.4. The lowest BCUT2D eigenvalue weighted by molar-refractivity contribution is -0.144. The predicted molar refractivity (Wildman–Crippen MR) is 178 cm³/mol. The molecule has 9 N–H and O–H groups in total. The number of aliphatic hydroxyl groups excluding tert-OH is 1. The van der Waals surface area contributed by atoms with Gasteiger partial charge in [0.1, 0.15) is 12.1 Å². The summed E-state index contributed by atoms with van der Waals surface area (Å²) in [6, 6.07) is -4.37. The predicted octanol–water partition coefficient (Wildman–Crippen LogP) is -0.141. The van der Waals surface area contributed by atoms with Crippen LogP contribution in [-0.2, 0) is 33.6 Å². The number of likely N-dealkylation sites (tertiary alicyclic amines) is 1. The second kappa shape index (κ2) is 21.5. The second-order valence-electron chi connectivity index (χ2n) is 13.7. The van der Waals surface area contributed by atoms with Crippen LogP contribution in [0.3, 0.4) is 0 Å². The van der Waals surface area contributed by atoms with Crippen molar-refractivity contribution in [1.82, 2.24) is 20.9 Å². The molecule has 15 heteroatoms. The van der Waals surface area contributed by atoms with Crippen molar-refractivity contribution < 1.29 is 43.8 Å². The van der Waals surface area contributed by atoms with Crippen LogP contribution in [0.4, 0.5) is 0 Å². The van der Waals surface area contributed by atoms with Crippen LogP contribution in [-0.4, -0.2) is 107 Å². The number of carbonyl (C=O) groups is 7. The summed E-state index contributed by atoms with van der Waals surface area (Å²) < 4.78 is 0. The third kappa shape index (κ3) is 14.8. The van der Waals surface area contributed by atoms with Gasteiger partial charge in [0.2, 0.25) is 23.6 Å². The van der Waals surface area contributed by atoms with E-state index in [-0.39, 0.29) is 30.6 Å². The van der Waals surface area contributed by atoms with Gasteiger partial charge in [0, 0.05) is 25.3 Å². The fourth-order valence-corrected chi connectivity index (χ4v) is 5.98. The topological polar surface area (TPSA) is 251 Å². The number of hydrogen-bond acceptors (Lipinski definition) is 10. The number of ketones is 2. The van der Waals surface area contributed by atoms with E-state index >= 15 is 0 Å². The van der Waals surface area contributed by atoms with Crippen LogP contribution in [0.5, 0.6) is 0 Å². The number of carboxylic acid groups (broad SMARTS) is 1.